The van der Waals surface area contributed by atoms with Gasteiger partial charge < -0.3 is 5.32 Å². The number of nitrogens with zero attached hydrogens (tertiary/aromatic N) is 2. The van der Waals surface area contributed by atoms with E-state index in [4.69, 9.17) is 0 Å². The fraction of sp³-hybridized carbons (Fsp3) is 0.286. The minimum absolute atomic E-state index is 0.151. The van der Waals surface area contributed by atoms with Crippen molar-refractivity contribution in [3.8, 4) is 0 Å². The predicted molar refractivity (Wildman–Crippen MR) is 82.7 cm³/mol. The maximum Gasteiger partial charge on any atom is 0.257 e. The Bertz CT molecular complexity index is 649. The van der Waals surface area contributed by atoms with E-state index in [0.29, 0.717) is 16.4 Å². The first-order valence-electron chi connectivity index (χ1n) is 6.48. The number of rotatable bonds is 4. The summed E-state index contributed by atoms with van der Waals surface area (Å²) in [5.41, 5.74) is 1.14. The Kier molecular flexibility index (Phi) is 4.64. The Balaban J connectivity index is 2.04. The molecule has 2 N–H and O–H groups in total. The summed E-state index contributed by atoms with van der Waals surface area (Å²) in [5.74, 6) is -0.122. The van der Waals surface area contributed by atoms with E-state index in [1.54, 1.807) is 24.3 Å². The standard InChI is InChI=1S/C14H16N4O2S/c1-8(2)13-17-18-14(21-13)16-12(20)10-4-6-11(7-5-10)15-9(3)19/h4-8H,1-3H3,(H,15,19)(H,16,18,20). The molecule has 0 atom stereocenters. The van der Waals surface area contributed by atoms with Crippen molar-refractivity contribution in [3.63, 3.8) is 0 Å². The van der Waals surface area contributed by atoms with Crippen LogP contribution in [-0.2, 0) is 4.79 Å². The van der Waals surface area contributed by atoms with Gasteiger partial charge in [-0.1, -0.05) is 25.2 Å². The molecule has 0 radical (unpaired) electrons. The number of nitrogens with one attached hydrogen (secondary N) is 2. The Morgan fingerprint density at radius 2 is 1.76 bits per heavy atom. The van der Waals surface area contributed by atoms with E-state index < -0.39 is 0 Å². The van der Waals surface area contributed by atoms with Gasteiger partial charge in [-0.3, -0.25) is 14.9 Å². The van der Waals surface area contributed by atoms with Crippen molar-refractivity contribution in [3.05, 3.63) is 34.8 Å². The molecule has 1 heterocycles. The molecule has 110 valence electrons. The van der Waals surface area contributed by atoms with E-state index in [0.717, 1.165) is 5.01 Å². The van der Waals surface area contributed by atoms with Gasteiger partial charge in [0.1, 0.15) is 5.01 Å². The molecular formula is C14H16N4O2S. The zero-order chi connectivity index (χ0) is 15.4. The lowest BCUT2D eigenvalue weighted by Gasteiger charge is -2.04. The van der Waals surface area contributed by atoms with Crippen LogP contribution in [0.25, 0.3) is 0 Å². The number of anilines is 2. The molecule has 0 spiro atoms. The van der Waals surface area contributed by atoms with E-state index in [-0.39, 0.29) is 17.7 Å². The van der Waals surface area contributed by atoms with Gasteiger partial charge in [-0.05, 0) is 24.3 Å². The van der Waals surface area contributed by atoms with Gasteiger partial charge >= 0.3 is 0 Å². The maximum atomic E-state index is 12.1. The Hall–Kier alpha value is -2.28. The number of hydrogen-bond donors (Lipinski definition) is 2. The second kappa shape index (κ2) is 6.45. The first-order chi connectivity index (χ1) is 9.95. The molecule has 2 rings (SSSR count). The van der Waals surface area contributed by atoms with Gasteiger partial charge in [0.2, 0.25) is 11.0 Å². The molecule has 1 aromatic carbocycles. The molecule has 2 aromatic rings. The molecule has 0 unspecified atom stereocenters. The average molecular weight is 304 g/mol. The summed E-state index contributed by atoms with van der Waals surface area (Å²) in [4.78, 5) is 23.0. The second-order valence-corrected chi connectivity index (χ2v) is 5.82. The Labute approximate surface area is 126 Å². The number of amides is 2. The molecule has 6 nitrogen and oxygen atoms in total. The molecule has 0 saturated carbocycles. The van der Waals surface area contributed by atoms with Crippen LogP contribution in [0.2, 0.25) is 0 Å². The fourth-order valence-electron chi connectivity index (χ4n) is 1.60. The highest BCUT2D eigenvalue weighted by atomic mass is 32.1. The lowest BCUT2D eigenvalue weighted by atomic mass is 10.2. The summed E-state index contributed by atoms with van der Waals surface area (Å²) in [6, 6.07) is 6.64. The van der Waals surface area contributed by atoms with Gasteiger partial charge in [-0.25, -0.2) is 0 Å². The van der Waals surface area contributed by atoms with Gasteiger partial charge in [0.05, 0.1) is 0 Å². The van der Waals surface area contributed by atoms with Crippen molar-refractivity contribution in [2.24, 2.45) is 0 Å². The average Bonchev–Trinajstić information content (AvgIpc) is 2.87. The highest BCUT2D eigenvalue weighted by Gasteiger charge is 2.11. The van der Waals surface area contributed by atoms with E-state index in [1.165, 1.54) is 18.3 Å². The summed E-state index contributed by atoms with van der Waals surface area (Å²) in [5, 5.41) is 14.7. The quantitative estimate of drug-likeness (QED) is 0.909. The van der Waals surface area contributed by atoms with Crippen LogP contribution in [0, 0.1) is 0 Å². The maximum absolute atomic E-state index is 12.1. The molecule has 0 bridgehead atoms. The van der Waals surface area contributed by atoms with E-state index in [1.807, 2.05) is 13.8 Å². The van der Waals surface area contributed by atoms with Crippen LogP contribution in [0.15, 0.2) is 24.3 Å². The van der Waals surface area contributed by atoms with Gasteiger partial charge in [0.15, 0.2) is 0 Å². The molecule has 0 aliphatic heterocycles. The van der Waals surface area contributed by atoms with Gasteiger partial charge in [-0.2, -0.15) is 0 Å². The Morgan fingerprint density at radius 3 is 2.29 bits per heavy atom. The summed E-state index contributed by atoms with van der Waals surface area (Å²) < 4.78 is 0. The second-order valence-electron chi connectivity index (χ2n) is 4.81. The molecule has 1 aromatic heterocycles. The molecule has 21 heavy (non-hydrogen) atoms. The SMILES string of the molecule is CC(=O)Nc1ccc(C(=O)Nc2nnc(C(C)C)s2)cc1. The number of carbonyl (C=O) groups excluding carboxylic acids is 2. The fourth-order valence-corrected chi connectivity index (χ4v) is 2.34. The highest BCUT2D eigenvalue weighted by molar-refractivity contribution is 7.15. The van der Waals surface area contributed by atoms with Crippen molar-refractivity contribution in [2.75, 3.05) is 10.6 Å². The van der Waals surface area contributed by atoms with Crippen LogP contribution in [0.4, 0.5) is 10.8 Å². The summed E-state index contributed by atoms with van der Waals surface area (Å²) in [6.45, 7) is 5.47. The number of carbonyl (C=O) groups is 2. The van der Waals surface area contributed by atoms with Crippen molar-refractivity contribution in [1.82, 2.24) is 10.2 Å². The third-order valence-electron chi connectivity index (χ3n) is 2.62. The molecule has 0 fully saturated rings. The first-order valence-corrected chi connectivity index (χ1v) is 7.29. The van der Waals surface area contributed by atoms with Crippen LogP contribution in [0.5, 0.6) is 0 Å². The lowest BCUT2D eigenvalue weighted by Crippen LogP contribution is -2.12. The highest BCUT2D eigenvalue weighted by Crippen LogP contribution is 2.22. The van der Waals surface area contributed by atoms with Crippen LogP contribution in [0.1, 0.15) is 42.1 Å². The first kappa shape index (κ1) is 15.1. The number of hydrogen-bond acceptors (Lipinski definition) is 5. The lowest BCUT2D eigenvalue weighted by molar-refractivity contribution is -0.114. The van der Waals surface area contributed by atoms with Crippen LogP contribution in [0.3, 0.4) is 0 Å². The zero-order valence-electron chi connectivity index (χ0n) is 12.0. The van der Waals surface area contributed by atoms with Crippen LogP contribution >= 0.6 is 11.3 Å². The normalized spacial score (nSPS) is 10.5. The molecule has 0 aliphatic rings. The van der Waals surface area contributed by atoms with Crippen LogP contribution in [-0.4, -0.2) is 22.0 Å². The number of benzene rings is 1. The monoisotopic (exact) mass is 304 g/mol. The minimum Gasteiger partial charge on any atom is -0.326 e. The summed E-state index contributed by atoms with van der Waals surface area (Å²) in [6.07, 6.45) is 0. The summed E-state index contributed by atoms with van der Waals surface area (Å²) >= 11 is 1.36. The third kappa shape index (κ3) is 4.09. The van der Waals surface area contributed by atoms with Gasteiger partial charge in [0.25, 0.3) is 5.91 Å². The van der Waals surface area contributed by atoms with Crippen molar-refractivity contribution < 1.29 is 9.59 Å². The molecular weight excluding hydrogens is 288 g/mol. The van der Waals surface area contributed by atoms with Crippen molar-refractivity contribution >= 4 is 34.0 Å². The number of aromatic nitrogens is 2. The Morgan fingerprint density at radius 1 is 1.10 bits per heavy atom. The predicted octanol–water partition coefficient (Wildman–Crippen LogP) is 2.87. The van der Waals surface area contributed by atoms with Gasteiger partial charge in [0, 0.05) is 24.1 Å². The topological polar surface area (TPSA) is 84.0 Å². The molecule has 0 aliphatic carbocycles. The molecule has 7 heteroatoms. The minimum atomic E-state index is -0.254. The smallest absolute Gasteiger partial charge is 0.257 e. The van der Waals surface area contributed by atoms with E-state index >= 15 is 0 Å². The van der Waals surface area contributed by atoms with Crippen molar-refractivity contribution in [1.29, 1.82) is 0 Å². The van der Waals surface area contributed by atoms with Gasteiger partial charge in [-0.15, -0.1) is 10.2 Å². The third-order valence-corrected chi connectivity index (χ3v) is 3.76. The van der Waals surface area contributed by atoms with E-state index in [9.17, 15) is 9.59 Å². The summed E-state index contributed by atoms with van der Waals surface area (Å²) in [7, 11) is 0. The van der Waals surface area contributed by atoms with E-state index in [2.05, 4.69) is 20.8 Å². The van der Waals surface area contributed by atoms with Crippen molar-refractivity contribution in [2.45, 2.75) is 26.7 Å². The molecule has 0 saturated heterocycles. The van der Waals surface area contributed by atoms with Crippen LogP contribution < -0.4 is 10.6 Å². The largest absolute Gasteiger partial charge is 0.326 e. The molecule has 2 amide bonds. The zero-order valence-corrected chi connectivity index (χ0v) is 12.8.